The van der Waals surface area contributed by atoms with Gasteiger partial charge in [-0.1, -0.05) is 34.6 Å². The first-order valence-corrected chi connectivity index (χ1v) is 6.60. The molecular weight excluding hydrogens is 230 g/mol. The van der Waals surface area contributed by atoms with E-state index in [4.69, 9.17) is 0 Å². The summed E-state index contributed by atoms with van der Waals surface area (Å²) in [4.78, 5) is 25.3. The molecule has 0 saturated carbocycles. The zero-order chi connectivity index (χ0) is 14.1. The Balaban J connectivity index is 2.76. The fourth-order valence-corrected chi connectivity index (χ4v) is 2.50. The van der Waals surface area contributed by atoms with E-state index in [0.29, 0.717) is 25.9 Å². The van der Waals surface area contributed by atoms with Crippen molar-refractivity contribution in [3.8, 4) is 0 Å². The maximum Gasteiger partial charge on any atom is 0.311 e. The molecule has 1 amide bonds. The smallest absolute Gasteiger partial charge is 0.311 e. The number of nitrogens with zero attached hydrogens (tertiary/aromatic N) is 1. The van der Waals surface area contributed by atoms with Gasteiger partial charge < -0.3 is 10.0 Å². The van der Waals surface area contributed by atoms with Crippen molar-refractivity contribution in [1.29, 1.82) is 0 Å². The number of carbonyl (C=O) groups excluding carboxylic acids is 1. The SMILES string of the molecule is CC(C)[C@]1(C(=O)O)CCN(C(=O)CC(C)(C)C)C1. The van der Waals surface area contributed by atoms with Crippen molar-refractivity contribution in [1.82, 2.24) is 4.90 Å². The van der Waals surface area contributed by atoms with Crippen LogP contribution in [0.1, 0.15) is 47.5 Å². The average molecular weight is 255 g/mol. The quantitative estimate of drug-likeness (QED) is 0.842. The lowest BCUT2D eigenvalue weighted by molar-refractivity contribution is -0.151. The number of carboxylic acids is 1. The van der Waals surface area contributed by atoms with Crippen LogP contribution in [-0.2, 0) is 9.59 Å². The van der Waals surface area contributed by atoms with E-state index in [9.17, 15) is 14.7 Å². The first-order chi connectivity index (χ1) is 8.08. The first-order valence-electron chi connectivity index (χ1n) is 6.60. The molecule has 0 radical (unpaired) electrons. The van der Waals surface area contributed by atoms with E-state index in [1.54, 1.807) is 4.90 Å². The fourth-order valence-electron chi connectivity index (χ4n) is 2.50. The Bertz CT molecular complexity index is 343. The Labute approximate surface area is 109 Å². The summed E-state index contributed by atoms with van der Waals surface area (Å²) in [6.45, 7) is 10.8. The molecule has 0 aromatic carbocycles. The van der Waals surface area contributed by atoms with Gasteiger partial charge in [-0.3, -0.25) is 9.59 Å². The molecule has 0 aromatic heterocycles. The molecule has 1 heterocycles. The lowest BCUT2D eigenvalue weighted by Gasteiger charge is -2.29. The van der Waals surface area contributed by atoms with Crippen molar-refractivity contribution in [2.75, 3.05) is 13.1 Å². The Morgan fingerprint density at radius 1 is 1.33 bits per heavy atom. The molecule has 0 aromatic rings. The zero-order valence-electron chi connectivity index (χ0n) is 12.1. The second-order valence-corrected chi connectivity index (χ2v) is 6.92. The molecule has 104 valence electrons. The molecule has 1 atom stereocenters. The number of hydrogen-bond donors (Lipinski definition) is 1. The van der Waals surface area contributed by atoms with Gasteiger partial charge in [0, 0.05) is 19.5 Å². The van der Waals surface area contributed by atoms with E-state index in [2.05, 4.69) is 0 Å². The van der Waals surface area contributed by atoms with E-state index in [-0.39, 0.29) is 17.2 Å². The molecule has 1 fully saturated rings. The lowest BCUT2D eigenvalue weighted by Crippen LogP contribution is -2.41. The Morgan fingerprint density at radius 3 is 2.22 bits per heavy atom. The number of carboxylic acid groups (broad SMARTS) is 1. The van der Waals surface area contributed by atoms with Crippen LogP contribution in [-0.4, -0.2) is 35.0 Å². The van der Waals surface area contributed by atoms with Crippen molar-refractivity contribution >= 4 is 11.9 Å². The maximum absolute atomic E-state index is 12.1. The summed E-state index contributed by atoms with van der Waals surface area (Å²) in [6.07, 6.45) is 1.04. The highest BCUT2D eigenvalue weighted by molar-refractivity contribution is 5.81. The largest absolute Gasteiger partial charge is 0.481 e. The van der Waals surface area contributed by atoms with Crippen molar-refractivity contribution in [3.63, 3.8) is 0 Å². The molecule has 4 heteroatoms. The Hall–Kier alpha value is -1.06. The normalized spacial score (nSPS) is 24.7. The molecule has 0 unspecified atom stereocenters. The van der Waals surface area contributed by atoms with Crippen LogP contribution in [0.5, 0.6) is 0 Å². The number of amides is 1. The van der Waals surface area contributed by atoms with E-state index in [1.807, 2.05) is 34.6 Å². The summed E-state index contributed by atoms with van der Waals surface area (Å²) in [6, 6.07) is 0. The van der Waals surface area contributed by atoms with Crippen LogP contribution in [0, 0.1) is 16.7 Å². The second kappa shape index (κ2) is 4.90. The lowest BCUT2D eigenvalue weighted by atomic mass is 9.76. The second-order valence-electron chi connectivity index (χ2n) is 6.92. The molecule has 1 saturated heterocycles. The fraction of sp³-hybridized carbons (Fsp3) is 0.857. The predicted octanol–water partition coefficient (Wildman–Crippen LogP) is 2.38. The van der Waals surface area contributed by atoms with Gasteiger partial charge in [0.05, 0.1) is 5.41 Å². The van der Waals surface area contributed by atoms with Crippen molar-refractivity contribution < 1.29 is 14.7 Å². The maximum atomic E-state index is 12.1. The number of aliphatic carboxylic acids is 1. The summed E-state index contributed by atoms with van der Waals surface area (Å²) in [5.74, 6) is -0.655. The molecule has 4 nitrogen and oxygen atoms in total. The van der Waals surface area contributed by atoms with Crippen LogP contribution in [0.25, 0.3) is 0 Å². The summed E-state index contributed by atoms with van der Waals surface area (Å²) < 4.78 is 0. The third kappa shape index (κ3) is 3.03. The Kier molecular flexibility index (Phi) is 4.08. The Morgan fingerprint density at radius 2 is 1.89 bits per heavy atom. The van der Waals surface area contributed by atoms with Gasteiger partial charge in [-0.2, -0.15) is 0 Å². The molecule has 0 bridgehead atoms. The van der Waals surface area contributed by atoms with Crippen molar-refractivity contribution in [3.05, 3.63) is 0 Å². The van der Waals surface area contributed by atoms with E-state index in [1.165, 1.54) is 0 Å². The minimum absolute atomic E-state index is 0.0439. The number of hydrogen-bond acceptors (Lipinski definition) is 2. The molecule has 0 spiro atoms. The van der Waals surface area contributed by atoms with Gasteiger partial charge in [0.15, 0.2) is 0 Å². The summed E-state index contributed by atoms with van der Waals surface area (Å²) in [7, 11) is 0. The van der Waals surface area contributed by atoms with Gasteiger partial charge in [-0.15, -0.1) is 0 Å². The molecule has 0 aliphatic carbocycles. The minimum Gasteiger partial charge on any atom is -0.481 e. The highest BCUT2D eigenvalue weighted by atomic mass is 16.4. The number of likely N-dealkylation sites (tertiary alicyclic amines) is 1. The highest BCUT2D eigenvalue weighted by Gasteiger charge is 2.48. The van der Waals surface area contributed by atoms with Crippen molar-refractivity contribution in [2.24, 2.45) is 16.7 Å². The standard InChI is InChI=1S/C14H25NO3/c1-10(2)14(12(17)18)6-7-15(9-14)11(16)8-13(3,4)5/h10H,6-9H2,1-5H3,(H,17,18)/t14-/m0/s1. The summed E-state index contributed by atoms with van der Waals surface area (Å²) in [5, 5.41) is 9.43. The molecule has 1 N–H and O–H groups in total. The first kappa shape index (κ1) is 15.0. The van der Waals surface area contributed by atoms with Crippen LogP contribution in [0.2, 0.25) is 0 Å². The van der Waals surface area contributed by atoms with E-state index < -0.39 is 11.4 Å². The number of carbonyl (C=O) groups is 2. The van der Waals surface area contributed by atoms with Gasteiger partial charge in [0.1, 0.15) is 0 Å². The van der Waals surface area contributed by atoms with E-state index in [0.717, 1.165) is 0 Å². The average Bonchev–Trinajstić information content (AvgIpc) is 2.59. The van der Waals surface area contributed by atoms with Crippen LogP contribution in [0.4, 0.5) is 0 Å². The zero-order valence-corrected chi connectivity index (χ0v) is 12.1. The van der Waals surface area contributed by atoms with Crippen LogP contribution in [0.3, 0.4) is 0 Å². The molecule has 18 heavy (non-hydrogen) atoms. The molecular formula is C14H25NO3. The van der Waals surface area contributed by atoms with Gasteiger partial charge in [-0.25, -0.2) is 0 Å². The third-order valence-corrected chi connectivity index (χ3v) is 3.87. The molecule has 1 rings (SSSR count). The third-order valence-electron chi connectivity index (χ3n) is 3.87. The van der Waals surface area contributed by atoms with Gasteiger partial charge in [0.2, 0.25) is 5.91 Å². The van der Waals surface area contributed by atoms with E-state index >= 15 is 0 Å². The van der Waals surface area contributed by atoms with Crippen LogP contribution < -0.4 is 0 Å². The topological polar surface area (TPSA) is 57.6 Å². The monoisotopic (exact) mass is 255 g/mol. The summed E-state index contributed by atoms with van der Waals surface area (Å²) >= 11 is 0. The molecule has 1 aliphatic heterocycles. The predicted molar refractivity (Wildman–Crippen MR) is 70.2 cm³/mol. The van der Waals surface area contributed by atoms with Crippen LogP contribution >= 0.6 is 0 Å². The van der Waals surface area contributed by atoms with Gasteiger partial charge in [-0.05, 0) is 17.8 Å². The minimum atomic E-state index is -0.774. The highest BCUT2D eigenvalue weighted by Crippen LogP contribution is 2.38. The van der Waals surface area contributed by atoms with Gasteiger partial charge in [0.25, 0.3) is 0 Å². The molecule has 1 aliphatic rings. The van der Waals surface area contributed by atoms with Gasteiger partial charge >= 0.3 is 5.97 Å². The summed E-state index contributed by atoms with van der Waals surface area (Å²) in [5.41, 5.74) is -0.809. The van der Waals surface area contributed by atoms with Crippen molar-refractivity contribution in [2.45, 2.75) is 47.5 Å². The number of rotatable bonds is 3. The van der Waals surface area contributed by atoms with Crippen LogP contribution in [0.15, 0.2) is 0 Å².